The van der Waals surface area contributed by atoms with Gasteiger partial charge in [-0.2, -0.15) is 0 Å². The van der Waals surface area contributed by atoms with E-state index >= 15 is 0 Å². The maximum Gasteiger partial charge on any atom is 0.164 e. The van der Waals surface area contributed by atoms with Crippen LogP contribution in [0.4, 0.5) is 0 Å². The quantitative estimate of drug-likeness (QED) is 0.172. The highest BCUT2D eigenvalue weighted by molar-refractivity contribution is 6.11. The molecule has 3 aromatic heterocycles. The third-order valence-corrected chi connectivity index (χ3v) is 11.0. The molecule has 56 heavy (non-hydrogen) atoms. The summed E-state index contributed by atoms with van der Waals surface area (Å²) in [5.74, 6) is 2.04. The second-order valence-corrected chi connectivity index (χ2v) is 14.4. The van der Waals surface area contributed by atoms with Gasteiger partial charge in [-0.05, 0) is 84.6 Å². The Labute approximate surface area is 324 Å². The van der Waals surface area contributed by atoms with E-state index in [2.05, 4.69) is 179 Å². The van der Waals surface area contributed by atoms with Gasteiger partial charge in [0.15, 0.2) is 17.5 Å². The monoisotopic (exact) mass is 717 g/mol. The van der Waals surface area contributed by atoms with Gasteiger partial charge in [0.25, 0.3) is 0 Å². The number of nitrogens with zero attached hydrogens (tertiary/aromatic N) is 5. The van der Waals surface area contributed by atoms with E-state index in [1.165, 1.54) is 32.8 Å². The summed E-state index contributed by atoms with van der Waals surface area (Å²) in [4.78, 5) is 15.0. The first kappa shape index (κ1) is 32.1. The van der Waals surface area contributed by atoms with Crippen LogP contribution in [0, 0.1) is 0 Å². The van der Waals surface area contributed by atoms with Gasteiger partial charge in [-0.1, -0.05) is 127 Å². The molecule has 0 aliphatic heterocycles. The summed E-state index contributed by atoms with van der Waals surface area (Å²) >= 11 is 0. The van der Waals surface area contributed by atoms with Crippen molar-refractivity contribution in [2.24, 2.45) is 0 Å². The summed E-state index contributed by atoms with van der Waals surface area (Å²) in [7, 11) is 0. The molecule has 0 unspecified atom stereocenters. The largest absolute Gasteiger partial charge is 0.309 e. The van der Waals surface area contributed by atoms with E-state index in [4.69, 9.17) is 15.0 Å². The lowest BCUT2D eigenvalue weighted by Crippen LogP contribution is -2.03. The van der Waals surface area contributed by atoms with Crippen molar-refractivity contribution < 1.29 is 0 Å². The summed E-state index contributed by atoms with van der Waals surface area (Å²) in [6.45, 7) is 0. The molecule has 0 fully saturated rings. The Balaban J connectivity index is 1.05. The van der Waals surface area contributed by atoms with E-state index in [0.717, 1.165) is 62.9 Å². The van der Waals surface area contributed by atoms with Crippen molar-refractivity contribution in [3.05, 3.63) is 194 Å². The van der Waals surface area contributed by atoms with Crippen LogP contribution in [-0.4, -0.2) is 24.1 Å². The van der Waals surface area contributed by atoms with Gasteiger partial charge in [0, 0.05) is 49.6 Å². The molecule has 0 bridgehead atoms. The predicted molar refractivity (Wildman–Crippen MR) is 231 cm³/mol. The highest BCUT2D eigenvalue weighted by atomic mass is 15.0. The zero-order chi connectivity index (χ0) is 37.0. The first-order valence-corrected chi connectivity index (χ1v) is 19.2. The molecule has 5 nitrogen and oxygen atoms in total. The molecule has 0 N–H and O–H groups in total. The van der Waals surface area contributed by atoms with Gasteiger partial charge in [0.1, 0.15) is 0 Å². The third-order valence-electron chi connectivity index (χ3n) is 11.0. The van der Waals surface area contributed by atoms with Gasteiger partial charge >= 0.3 is 0 Å². The molecule has 1 aliphatic rings. The first-order valence-electron chi connectivity index (χ1n) is 19.2. The van der Waals surface area contributed by atoms with E-state index in [9.17, 15) is 0 Å². The van der Waals surface area contributed by atoms with Crippen LogP contribution in [0.1, 0.15) is 18.7 Å². The van der Waals surface area contributed by atoms with Crippen molar-refractivity contribution in [1.82, 2.24) is 24.1 Å². The smallest absolute Gasteiger partial charge is 0.164 e. The number of fused-ring (bicyclic) bond motifs is 6. The molecular weight excluding hydrogens is 683 g/mol. The fourth-order valence-corrected chi connectivity index (χ4v) is 8.35. The van der Waals surface area contributed by atoms with E-state index in [0.29, 0.717) is 17.5 Å². The van der Waals surface area contributed by atoms with E-state index < -0.39 is 0 Å². The van der Waals surface area contributed by atoms with Crippen LogP contribution in [0.3, 0.4) is 0 Å². The van der Waals surface area contributed by atoms with Gasteiger partial charge in [-0.15, -0.1) is 0 Å². The van der Waals surface area contributed by atoms with Crippen molar-refractivity contribution in [2.75, 3.05) is 0 Å². The maximum atomic E-state index is 5.06. The van der Waals surface area contributed by atoms with Crippen molar-refractivity contribution in [2.45, 2.75) is 12.8 Å². The molecule has 11 rings (SSSR count). The van der Waals surface area contributed by atoms with Gasteiger partial charge in [-0.25, -0.2) is 15.0 Å². The van der Waals surface area contributed by atoms with Crippen LogP contribution in [0.5, 0.6) is 0 Å². The van der Waals surface area contributed by atoms with Crippen LogP contribution < -0.4 is 0 Å². The topological polar surface area (TPSA) is 48.5 Å². The first-order chi connectivity index (χ1) is 27.8. The van der Waals surface area contributed by atoms with Crippen molar-refractivity contribution in [3.8, 4) is 45.3 Å². The Morgan fingerprint density at radius 2 is 0.929 bits per heavy atom. The molecule has 10 aromatic rings. The second-order valence-electron chi connectivity index (χ2n) is 14.4. The van der Waals surface area contributed by atoms with Crippen LogP contribution in [-0.2, 0) is 0 Å². The Kier molecular flexibility index (Phi) is 7.56. The van der Waals surface area contributed by atoms with Crippen LogP contribution >= 0.6 is 0 Å². The van der Waals surface area contributed by atoms with E-state index in [1.54, 1.807) is 0 Å². The van der Waals surface area contributed by atoms with Gasteiger partial charge in [0.2, 0.25) is 0 Å². The van der Waals surface area contributed by atoms with Gasteiger partial charge in [-0.3, -0.25) is 0 Å². The molecule has 5 heteroatoms. The van der Waals surface area contributed by atoms with Crippen LogP contribution in [0.2, 0.25) is 0 Å². The minimum atomic E-state index is 0.665. The van der Waals surface area contributed by atoms with Crippen molar-refractivity contribution in [3.63, 3.8) is 0 Å². The predicted octanol–water partition coefficient (Wildman–Crippen LogP) is 12.8. The molecule has 0 saturated heterocycles. The zero-order valence-electron chi connectivity index (χ0n) is 30.5. The number of para-hydroxylation sites is 3. The summed E-state index contributed by atoms with van der Waals surface area (Å²) in [5.41, 5.74) is 12.2. The summed E-state index contributed by atoms with van der Waals surface area (Å²) in [5, 5.41) is 4.83. The molecule has 0 amide bonds. The number of allylic oxidation sites excluding steroid dienone is 4. The van der Waals surface area contributed by atoms with Gasteiger partial charge < -0.3 is 9.13 Å². The number of rotatable bonds is 6. The Hall–Kier alpha value is -7.37. The molecule has 3 heterocycles. The molecule has 7 aromatic carbocycles. The summed E-state index contributed by atoms with van der Waals surface area (Å²) in [6, 6.07) is 60.5. The lowest BCUT2D eigenvalue weighted by atomic mass is 10.0. The highest BCUT2D eigenvalue weighted by Crippen LogP contribution is 2.38. The average Bonchev–Trinajstić information content (AvgIpc) is 3.79. The lowest BCUT2D eigenvalue weighted by molar-refractivity contribution is 1.01. The third kappa shape index (κ3) is 5.36. The molecule has 0 saturated carbocycles. The minimum Gasteiger partial charge on any atom is -0.309 e. The van der Waals surface area contributed by atoms with Gasteiger partial charge in [0.05, 0.1) is 22.1 Å². The number of hydrogen-bond acceptors (Lipinski definition) is 3. The molecule has 0 spiro atoms. The standard InChI is InChI=1S/C51H35N5/c1-4-15-34(16-5-1)49-52-50(35-17-6-2-7-18-35)54-51(53-49)38-28-30-47-44(32-38)42-24-11-13-26-46(42)56(47)40-22-14-19-36(31-40)37-27-29-43-41-23-10-12-25-45(41)55(48(43)33-37)39-20-8-3-9-21-39/h1,3-6,8-33H,2,7H2. The normalized spacial score (nSPS) is 12.9. The SMILES string of the molecule is C1=CC(c2nc(-c3ccccc3)nc(-c3ccc4c(c3)c3ccccc3n4-c3cccc(-c4ccc5c6ccccc6n(-c6ccccc6)c5c4)c3)n2)=CCC1. The fourth-order valence-electron chi connectivity index (χ4n) is 8.35. The molecular formula is C51H35N5. The number of aromatic nitrogens is 5. The van der Waals surface area contributed by atoms with Crippen LogP contribution in [0.15, 0.2) is 188 Å². The maximum absolute atomic E-state index is 5.06. The van der Waals surface area contributed by atoms with E-state index in [-0.39, 0.29) is 0 Å². The van der Waals surface area contributed by atoms with Crippen molar-refractivity contribution >= 4 is 49.2 Å². The summed E-state index contributed by atoms with van der Waals surface area (Å²) < 4.78 is 4.76. The summed E-state index contributed by atoms with van der Waals surface area (Å²) in [6.07, 6.45) is 8.56. The Bertz CT molecular complexity index is 3190. The molecule has 0 radical (unpaired) electrons. The number of benzene rings is 7. The zero-order valence-corrected chi connectivity index (χ0v) is 30.5. The number of hydrogen-bond donors (Lipinski definition) is 0. The molecule has 1 aliphatic carbocycles. The van der Waals surface area contributed by atoms with E-state index in [1.807, 2.05) is 18.2 Å². The van der Waals surface area contributed by atoms with Crippen LogP contribution in [0.25, 0.3) is 94.5 Å². The highest BCUT2D eigenvalue weighted by Gasteiger charge is 2.18. The Morgan fingerprint density at radius 3 is 1.70 bits per heavy atom. The Morgan fingerprint density at radius 1 is 0.357 bits per heavy atom. The second kappa shape index (κ2) is 13.2. The minimum absolute atomic E-state index is 0.665. The van der Waals surface area contributed by atoms with Crippen molar-refractivity contribution in [1.29, 1.82) is 0 Å². The average molecular weight is 718 g/mol. The molecule has 264 valence electrons. The fraction of sp³-hybridized carbons (Fsp3) is 0.0392. The lowest BCUT2D eigenvalue weighted by Gasteiger charge is -2.12. The molecule has 0 atom stereocenters.